The number of benzene rings is 1. The minimum atomic E-state index is -3.57. The van der Waals surface area contributed by atoms with Crippen LogP contribution in [0.1, 0.15) is 16.8 Å². The van der Waals surface area contributed by atoms with E-state index in [4.69, 9.17) is 4.74 Å². The first-order valence-corrected chi connectivity index (χ1v) is 10.1. The van der Waals surface area contributed by atoms with Gasteiger partial charge in [-0.05, 0) is 12.5 Å². The molecule has 2 aromatic rings. The Labute approximate surface area is 155 Å². The van der Waals surface area contributed by atoms with E-state index in [0.29, 0.717) is 22.2 Å². The first-order valence-electron chi connectivity index (χ1n) is 8.47. The molecule has 1 spiro atoms. The number of nitrogens with zero attached hydrogens (tertiary/aromatic N) is 2. The van der Waals surface area contributed by atoms with Crippen molar-refractivity contribution in [2.24, 2.45) is 5.92 Å². The monoisotopic (exact) mass is 390 g/mol. The number of carbonyl (C=O) groups excluding carboxylic acids is 1. The zero-order chi connectivity index (χ0) is 19.4. The summed E-state index contributed by atoms with van der Waals surface area (Å²) in [6.07, 6.45) is 1.54. The highest BCUT2D eigenvalue weighted by Crippen LogP contribution is 2.45. The van der Waals surface area contributed by atoms with Crippen LogP contribution in [0.4, 0.5) is 0 Å². The lowest BCUT2D eigenvalue weighted by atomic mass is 9.83. The van der Waals surface area contributed by atoms with Crippen LogP contribution in [-0.2, 0) is 14.6 Å². The van der Waals surface area contributed by atoms with Crippen LogP contribution in [0, 0.1) is 5.92 Å². The van der Waals surface area contributed by atoms with E-state index in [9.17, 15) is 23.1 Å². The maximum Gasteiger partial charge on any atom is 0.308 e. The van der Waals surface area contributed by atoms with E-state index in [1.54, 1.807) is 24.3 Å². The Bertz CT molecular complexity index is 1060. The number of aliphatic carboxylic acids is 1. The summed E-state index contributed by atoms with van der Waals surface area (Å²) in [4.78, 5) is 30.3. The van der Waals surface area contributed by atoms with Crippen LogP contribution in [0.2, 0.25) is 0 Å². The number of fused-ring (bicyclic) bond motifs is 1. The molecule has 1 aromatic heterocycles. The largest absolute Gasteiger partial charge is 0.494 e. The van der Waals surface area contributed by atoms with Gasteiger partial charge in [0.15, 0.2) is 15.6 Å². The van der Waals surface area contributed by atoms with Gasteiger partial charge in [0.25, 0.3) is 5.91 Å². The molecule has 2 aliphatic heterocycles. The van der Waals surface area contributed by atoms with E-state index in [1.807, 2.05) is 0 Å². The average Bonchev–Trinajstić information content (AvgIpc) is 2.90. The minimum Gasteiger partial charge on any atom is -0.494 e. The molecule has 1 N–H and O–H groups in total. The quantitative estimate of drug-likeness (QED) is 0.830. The number of aromatic nitrogens is 1. The number of pyridine rings is 1. The van der Waals surface area contributed by atoms with E-state index in [2.05, 4.69) is 4.98 Å². The topological polar surface area (TPSA) is 114 Å². The molecule has 1 unspecified atom stereocenters. The van der Waals surface area contributed by atoms with E-state index < -0.39 is 26.5 Å². The van der Waals surface area contributed by atoms with E-state index in [0.717, 1.165) is 0 Å². The highest BCUT2D eigenvalue weighted by molar-refractivity contribution is 7.93. The molecular weight excluding hydrogens is 372 g/mol. The molecule has 0 bridgehead atoms. The van der Waals surface area contributed by atoms with Crippen molar-refractivity contribution < 1.29 is 27.9 Å². The Balaban J connectivity index is 1.71. The predicted octanol–water partition coefficient (Wildman–Crippen LogP) is 0.957. The number of carbonyl (C=O) groups is 2. The van der Waals surface area contributed by atoms with Gasteiger partial charge in [-0.2, -0.15) is 0 Å². The lowest BCUT2D eigenvalue weighted by Crippen LogP contribution is -2.69. The summed E-state index contributed by atoms with van der Waals surface area (Å²) < 4.78 is 28.9. The number of carboxylic acid groups (broad SMARTS) is 1. The second-order valence-electron chi connectivity index (χ2n) is 6.94. The van der Waals surface area contributed by atoms with Crippen LogP contribution in [0.25, 0.3) is 10.9 Å². The first-order chi connectivity index (χ1) is 12.8. The highest BCUT2D eigenvalue weighted by atomic mass is 32.2. The van der Waals surface area contributed by atoms with Crippen molar-refractivity contribution >= 4 is 32.6 Å². The number of ether oxygens (including phenoxy) is 1. The molecule has 0 aliphatic carbocycles. The van der Waals surface area contributed by atoms with Gasteiger partial charge < -0.3 is 14.7 Å². The number of sulfone groups is 1. The van der Waals surface area contributed by atoms with Crippen molar-refractivity contribution in [3.63, 3.8) is 0 Å². The van der Waals surface area contributed by atoms with Gasteiger partial charge in [-0.1, -0.05) is 18.2 Å². The van der Waals surface area contributed by atoms with E-state index >= 15 is 0 Å². The summed E-state index contributed by atoms with van der Waals surface area (Å²) in [5.74, 6) is -2.36. The zero-order valence-corrected chi connectivity index (χ0v) is 15.4. The number of carboxylic acids is 1. The number of para-hydroxylation sites is 1. The fraction of sp³-hybridized carbons (Fsp3) is 0.389. The molecule has 2 aliphatic rings. The van der Waals surface area contributed by atoms with Crippen LogP contribution in [0.5, 0.6) is 5.75 Å². The maximum atomic E-state index is 13.1. The van der Waals surface area contributed by atoms with Gasteiger partial charge >= 0.3 is 5.97 Å². The summed E-state index contributed by atoms with van der Waals surface area (Å²) in [6, 6.07) is 7.10. The van der Waals surface area contributed by atoms with Gasteiger partial charge in [0.2, 0.25) is 0 Å². The van der Waals surface area contributed by atoms with Gasteiger partial charge in [-0.3, -0.25) is 14.6 Å². The third kappa shape index (κ3) is 2.41. The van der Waals surface area contributed by atoms with Crippen molar-refractivity contribution in [2.75, 3.05) is 26.0 Å². The summed E-state index contributed by atoms with van der Waals surface area (Å²) >= 11 is 0. The molecule has 2 fully saturated rings. The summed E-state index contributed by atoms with van der Waals surface area (Å²) in [5.41, 5.74) is 0.925. The number of likely N-dealkylation sites (tertiary alicyclic amines) is 1. The maximum absolute atomic E-state index is 13.1. The summed E-state index contributed by atoms with van der Waals surface area (Å²) in [6.45, 7) is -0.240. The molecule has 4 rings (SSSR count). The molecule has 1 aromatic carbocycles. The molecule has 1 amide bonds. The lowest BCUT2D eigenvalue weighted by molar-refractivity contribution is -0.144. The number of hydrogen-bond donors (Lipinski definition) is 1. The van der Waals surface area contributed by atoms with Gasteiger partial charge in [0.05, 0.1) is 36.1 Å². The lowest BCUT2D eigenvalue weighted by Gasteiger charge is -2.48. The van der Waals surface area contributed by atoms with Crippen molar-refractivity contribution in [1.82, 2.24) is 9.88 Å². The van der Waals surface area contributed by atoms with Crippen molar-refractivity contribution in [3.05, 3.63) is 36.0 Å². The first kappa shape index (κ1) is 17.7. The van der Waals surface area contributed by atoms with Crippen LogP contribution in [0.15, 0.2) is 30.5 Å². The Hall–Kier alpha value is -2.68. The summed E-state index contributed by atoms with van der Waals surface area (Å²) in [7, 11) is -2.14. The van der Waals surface area contributed by atoms with Crippen molar-refractivity contribution in [2.45, 2.75) is 11.2 Å². The number of hydrogen-bond acceptors (Lipinski definition) is 6. The summed E-state index contributed by atoms with van der Waals surface area (Å²) in [5, 5.41) is 10.0. The number of rotatable bonds is 3. The Morgan fingerprint density at radius 3 is 2.67 bits per heavy atom. The molecule has 2 saturated heterocycles. The predicted molar refractivity (Wildman–Crippen MR) is 96.5 cm³/mol. The van der Waals surface area contributed by atoms with Crippen LogP contribution in [0.3, 0.4) is 0 Å². The van der Waals surface area contributed by atoms with Gasteiger partial charge in [0, 0.05) is 18.5 Å². The van der Waals surface area contributed by atoms with Crippen LogP contribution < -0.4 is 4.74 Å². The molecule has 8 nitrogen and oxygen atoms in total. The highest BCUT2D eigenvalue weighted by Gasteiger charge is 2.65. The minimum absolute atomic E-state index is 0.0845. The molecule has 142 valence electrons. The molecular formula is C18H18N2O6S. The van der Waals surface area contributed by atoms with Crippen molar-refractivity contribution in [1.29, 1.82) is 0 Å². The number of methoxy groups -OCH3 is 1. The number of amides is 1. The third-order valence-electron chi connectivity index (χ3n) is 5.61. The smallest absolute Gasteiger partial charge is 0.308 e. The normalized spacial score (nSPS) is 22.6. The van der Waals surface area contributed by atoms with Gasteiger partial charge in [-0.15, -0.1) is 0 Å². The average molecular weight is 390 g/mol. The Morgan fingerprint density at radius 1 is 1.30 bits per heavy atom. The van der Waals surface area contributed by atoms with E-state index in [1.165, 1.54) is 18.2 Å². The Kier molecular flexibility index (Phi) is 3.88. The molecule has 9 heteroatoms. The van der Waals surface area contributed by atoms with Gasteiger partial charge in [0.1, 0.15) is 4.75 Å². The second-order valence-corrected chi connectivity index (χ2v) is 9.39. The molecule has 0 radical (unpaired) electrons. The fourth-order valence-corrected chi connectivity index (χ4v) is 6.43. The van der Waals surface area contributed by atoms with Crippen LogP contribution >= 0.6 is 0 Å². The van der Waals surface area contributed by atoms with E-state index in [-0.39, 0.29) is 31.2 Å². The fourth-order valence-electron chi connectivity index (χ4n) is 4.12. The zero-order valence-electron chi connectivity index (χ0n) is 14.6. The molecule has 27 heavy (non-hydrogen) atoms. The molecule has 3 heterocycles. The molecule has 0 saturated carbocycles. The van der Waals surface area contributed by atoms with Crippen molar-refractivity contribution in [3.8, 4) is 5.75 Å². The van der Waals surface area contributed by atoms with Gasteiger partial charge in [-0.25, -0.2) is 8.42 Å². The molecule has 1 atom stereocenters. The van der Waals surface area contributed by atoms with Crippen LogP contribution in [-0.4, -0.2) is 66.0 Å². The second kappa shape index (κ2) is 5.91. The third-order valence-corrected chi connectivity index (χ3v) is 8.16. The SMILES string of the molecule is COc1cnc2ccccc2c1C(=O)N1CC2(C1)C(C(=O)O)CCS2(=O)=O. The standard InChI is InChI=1S/C18H18N2O6S/c1-26-14-8-19-13-5-3-2-4-11(13)15(14)16(21)20-9-18(10-20)12(17(22)23)6-7-27(18,24)25/h2-5,8,12H,6-7,9-10H2,1H3,(H,22,23). The Morgan fingerprint density at radius 2 is 2.00 bits per heavy atom.